The third kappa shape index (κ3) is 1.55. The van der Waals surface area contributed by atoms with Crippen molar-refractivity contribution >= 4 is 0 Å². The topological polar surface area (TPSA) is 38.9 Å². The minimum atomic E-state index is 0.645. The Labute approximate surface area is 109 Å². The SMILES string of the molecule is NCc1cccnc1C1C2CC3CC(C2)CC1C3. The van der Waals surface area contributed by atoms with Crippen LogP contribution in [0.1, 0.15) is 49.3 Å². The number of pyridine rings is 1. The fourth-order valence-electron chi connectivity index (χ4n) is 5.30. The van der Waals surface area contributed by atoms with Gasteiger partial charge in [0.15, 0.2) is 0 Å². The molecule has 1 aromatic heterocycles. The van der Waals surface area contributed by atoms with Gasteiger partial charge in [-0.15, -0.1) is 0 Å². The highest BCUT2D eigenvalue weighted by Crippen LogP contribution is 2.59. The molecule has 0 atom stereocenters. The molecule has 0 amide bonds. The van der Waals surface area contributed by atoms with Crippen LogP contribution >= 0.6 is 0 Å². The zero-order chi connectivity index (χ0) is 12.1. The molecule has 4 saturated carbocycles. The summed E-state index contributed by atoms with van der Waals surface area (Å²) < 4.78 is 0. The standard InChI is InChI=1S/C16H22N2/c17-9-12-2-1-3-18-16(12)15-13-5-10-4-11(7-13)8-14(15)6-10/h1-3,10-11,13-15H,4-9,17H2. The Bertz CT molecular complexity index is 426. The summed E-state index contributed by atoms with van der Waals surface area (Å²) in [5.41, 5.74) is 8.53. The minimum Gasteiger partial charge on any atom is -0.326 e. The van der Waals surface area contributed by atoms with Gasteiger partial charge < -0.3 is 5.73 Å². The summed E-state index contributed by atoms with van der Waals surface area (Å²) in [6, 6.07) is 4.20. The van der Waals surface area contributed by atoms with Crippen molar-refractivity contribution in [3.63, 3.8) is 0 Å². The smallest absolute Gasteiger partial charge is 0.0484 e. The predicted molar refractivity (Wildman–Crippen MR) is 71.9 cm³/mol. The first-order chi connectivity index (χ1) is 8.85. The lowest BCUT2D eigenvalue weighted by Crippen LogP contribution is -2.44. The number of rotatable bonds is 2. The molecule has 1 heterocycles. The third-order valence-corrected chi connectivity index (χ3v) is 5.69. The van der Waals surface area contributed by atoms with E-state index < -0.39 is 0 Å². The monoisotopic (exact) mass is 242 g/mol. The zero-order valence-electron chi connectivity index (χ0n) is 10.9. The Morgan fingerprint density at radius 1 is 1.06 bits per heavy atom. The van der Waals surface area contributed by atoms with Crippen LogP contribution in [0.3, 0.4) is 0 Å². The lowest BCUT2D eigenvalue weighted by atomic mass is 9.51. The van der Waals surface area contributed by atoms with E-state index in [1.807, 2.05) is 12.3 Å². The van der Waals surface area contributed by atoms with Crippen LogP contribution in [0, 0.1) is 23.7 Å². The van der Waals surface area contributed by atoms with Crippen LogP contribution in [0.4, 0.5) is 0 Å². The van der Waals surface area contributed by atoms with Gasteiger partial charge in [-0.25, -0.2) is 0 Å². The van der Waals surface area contributed by atoms with Gasteiger partial charge in [-0.2, -0.15) is 0 Å². The van der Waals surface area contributed by atoms with E-state index >= 15 is 0 Å². The molecule has 1 aromatic rings. The van der Waals surface area contributed by atoms with Crippen molar-refractivity contribution in [1.29, 1.82) is 0 Å². The molecule has 2 heteroatoms. The maximum Gasteiger partial charge on any atom is 0.0484 e. The second-order valence-corrected chi connectivity index (χ2v) is 6.71. The molecule has 4 bridgehead atoms. The highest BCUT2D eigenvalue weighted by Gasteiger charge is 2.49. The summed E-state index contributed by atoms with van der Waals surface area (Å²) in [6.45, 7) is 0.645. The highest BCUT2D eigenvalue weighted by molar-refractivity contribution is 5.26. The van der Waals surface area contributed by atoms with E-state index in [1.165, 1.54) is 43.4 Å². The van der Waals surface area contributed by atoms with Crippen LogP contribution in [0.15, 0.2) is 18.3 Å². The van der Waals surface area contributed by atoms with Crippen molar-refractivity contribution in [2.75, 3.05) is 0 Å². The van der Waals surface area contributed by atoms with Crippen molar-refractivity contribution in [2.45, 2.75) is 44.6 Å². The largest absolute Gasteiger partial charge is 0.326 e. The molecule has 0 saturated heterocycles. The van der Waals surface area contributed by atoms with E-state index in [0.717, 1.165) is 29.6 Å². The summed E-state index contributed by atoms with van der Waals surface area (Å²) in [4.78, 5) is 4.72. The Kier molecular flexibility index (Phi) is 2.47. The average molecular weight is 242 g/mol. The molecule has 4 aliphatic carbocycles. The fourth-order valence-corrected chi connectivity index (χ4v) is 5.30. The van der Waals surface area contributed by atoms with Crippen LogP contribution in [-0.2, 0) is 6.54 Å². The molecule has 0 unspecified atom stereocenters. The van der Waals surface area contributed by atoms with Gasteiger partial charge in [0, 0.05) is 24.4 Å². The third-order valence-electron chi connectivity index (χ3n) is 5.69. The molecule has 18 heavy (non-hydrogen) atoms. The molecule has 2 nitrogen and oxygen atoms in total. The Morgan fingerprint density at radius 2 is 1.72 bits per heavy atom. The van der Waals surface area contributed by atoms with Crippen molar-refractivity contribution in [3.8, 4) is 0 Å². The molecular formula is C16H22N2. The molecule has 96 valence electrons. The van der Waals surface area contributed by atoms with Gasteiger partial charge in [0.25, 0.3) is 0 Å². The van der Waals surface area contributed by atoms with Gasteiger partial charge in [-0.3, -0.25) is 4.98 Å². The van der Waals surface area contributed by atoms with Crippen molar-refractivity contribution in [1.82, 2.24) is 4.98 Å². The Balaban J connectivity index is 1.72. The van der Waals surface area contributed by atoms with Crippen LogP contribution in [-0.4, -0.2) is 4.98 Å². The van der Waals surface area contributed by atoms with Crippen molar-refractivity contribution < 1.29 is 0 Å². The van der Waals surface area contributed by atoms with Gasteiger partial charge >= 0.3 is 0 Å². The molecular weight excluding hydrogens is 220 g/mol. The van der Waals surface area contributed by atoms with Crippen LogP contribution in [0.2, 0.25) is 0 Å². The minimum absolute atomic E-state index is 0.645. The van der Waals surface area contributed by atoms with E-state index in [9.17, 15) is 0 Å². The fraction of sp³-hybridized carbons (Fsp3) is 0.688. The molecule has 0 radical (unpaired) electrons. The summed E-state index contributed by atoms with van der Waals surface area (Å²) in [7, 11) is 0. The molecule has 5 rings (SSSR count). The van der Waals surface area contributed by atoms with Gasteiger partial charge in [0.05, 0.1) is 0 Å². The average Bonchev–Trinajstić information content (AvgIpc) is 2.38. The lowest BCUT2D eigenvalue weighted by molar-refractivity contribution is -0.00444. The normalized spacial score (nSPS) is 41.3. The highest BCUT2D eigenvalue weighted by atomic mass is 14.7. The van der Waals surface area contributed by atoms with Gasteiger partial charge in [0.2, 0.25) is 0 Å². The van der Waals surface area contributed by atoms with Gasteiger partial charge in [-0.1, -0.05) is 6.07 Å². The van der Waals surface area contributed by atoms with E-state index in [4.69, 9.17) is 10.7 Å². The summed E-state index contributed by atoms with van der Waals surface area (Å²) in [6.07, 6.45) is 9.30. The lowest BCUT2D eigenvalue weighted by Gasteiger charge is -2.54. The van der Waals surface area contributed by atoms with E-state index in [2.05, 4.69) is 6.07 Å². The number of nitrogens with zero attached hydrogens (tertiary/aromatic N) is 1. The first kappa shape index (κ1) is 11.0. The zero-order valence-corrected chi connectivity index (χ0v) is 10.9. The maximum absolute atomic E-state index is 5.90. The van der Waals surface area contributed by atoms with E-state index in [1.54, 1.807) is 0 Å². The quantitative estimate of drug-likeness (QED) is 0.865. The number of hydrogen-bond acceptors (Lipinski definition) is 2. The van der Waals surface area contributed by atoms with Crippen molar-refractivity contribution in [3.05, 3.63) is 29.6 Å². The second-order valence-electron chi connectivity index (χ2n) is 6.71. The predicted octanol–water partition coefficient (Wildman–Crippen LogP) is 3.08. The van der Waals surface area contributed by atoms with Gasteiger partial charge in [0.1, 0.15) is 0 Å². The van der Waals surface area contributed by atoms with Crippen LogP contribution in [0.25, 0.3) is 0 Å². The van der Waals surface area contributed by atoms with Crippen LogP contribution in [0.5, 0.6) is 0 Å². The number of hydrogen-bond donors (Lipinski definition) is 1. The van der Waals surface area contributed by atoms with E-state index in [0.29, 0.717) is 6.54 Å². The number of aromatic nitrogens is 1. The molecule has 0 aliphatic heterocycles. The Morgan fingerprint density at radius 3 is 2.33 bits per heavy atom. The molecule has 4 fully saturated rings. The first-order valence-electron chi connectivity index (χ1n) is 7.49. The molecule has 2 N–H and O–H groups in total. The number of nitrogens with two attached hydrogens (primary N) is 1. The maximum atomic E-state index is 5.90. The summed E-state index contributed by atoms with van der Waals surface area (Å²) in [5, 5.41) is 0. The summed E-state index contributed by atoms with van der Waals surface area (Å²) >= 11 is 0. The Hall–Kier alpha value is -0.890. The van der Waals surface area contributed by atoms with Crippen LogP contribution < -0.4 is 5.73 Å². The molecule has 4 aliphatic rings. The summed E-state index contributed by atoms with van der Waals surface area (Å²) in [5.74, 6) is 4.60. The molecule has 0 spiro atoms. The van der Waals surface area contributed by atoms with Crippen molar-refractivity contribution in [2.24, 2.45) is 29.4 Å². The van der Waals surface area contributed by atoms with E-state index in [-0.39, 0.29) is 0 Å². The second kappa shape index (κ2) is 4.06. The first-order valence-corrected chi connectivity index (χ1v) is 7.49. The molecule has 0 aromatic carbocycles. The van der Waals surface area contributed by atoms with Gasteiger partial charge in [-0.05, 0) is 67.4 Å².